The van der Waals surface area contributed by atoms with Gasteiger partial charge in [0.2, 0.25) is 0 Å². The molecule has 3 unspecified atom stereocenters. The largest absolute Gasteiger partial charge is 0.369 e. The third-order valence-electron chi connectivity index (χ3n) is 5.94. The molecule has 2 rings (SSSR count). The number of piperazine rings is 1. The quantitative estimate of drug-likeness (QED) is 0.691. The Bertz CT molecular complexity index is 462. The van der Waals surface area contributed by atoms with Crippen LogP contribution in [0.15, 0.2) is 36.6 Å². The zero-order valence-electron chi connectivity index (χ0n) is 15.9. The molecule has 1 aliphatic heterocycles. The average Bonchev–Trinajstić information content (AvgIpc) is 2.54. The van der Waals surface area contributed by atoms with Crippen LogP contribution in [0.4, 0.5) is 0 Å². The Hall–Kier alpha value is -1.02. The van der Waals surface area contributed by atoms with Crippen LogP contribution in [-0.2, 0) is 0 Å². The van der Waals surface area contributed by atoms with Gasteiger partial charge in [0.25, 0.3) is 0 Å². The third kappa shape index (κ3) is 4.09. The minimum Gasteiger partial charge on any atom is -0.369 e. The van der Waals surface area contributed by atoms with Crippen molar-refractivity contribution in [3.8, 4) is 0 Å². The molecule has 2 aliphatic rings. The molecule has 0 amide bonds. The second kappa shape index (κ2) is 7.70. The van der Waals surface area contributed by atoms with Crippen molar-refractivity contribution < 1.29 is 0 Å². The molecular formula is C21H36N2. The highest BCUT2D eigenvalue weighted by molar-refractivity contribution is 5.26. The van der Waals surface area contributed by atoms with Gasteiger partial charge >= 0.3 is 0 Å². The van der Waals surface area contributed by atoms with Gasteiger partial charge in [0, 0.05) is 42.8 Å². The predicted octanol–water partition coefficient (Wildman–Crippen LogP) is 4.85. The first-order valence-corrected chi connectivity index (χ1v) is 9.43. The van der Waals surface area contributed by atoms with Crippen molar-refractivity contribution in [1.29, 1.82) is 0 Å². The molecule has 23 heavy (non-hydrogen) atoms. The maximum Gasteiger partial charge on any atom is 0.0414 e. The van der Waals surface area contributed by atoms with E-state index in [4.69, 9.17) is 0 Å². The Kier molecular flexibility index (Phi) is 6.13. The van der Waals surface area contributed by atoms with Crippen molar-refractivity contribution in [2.24, 2.45) is 11.3 Å². The summed E-state index contributed by atoms with van der Waals surface area (Å²) in [6.45, 7) is 19.7. The van der Waals surface area contributed by atoms with Crippen LogP contribution in [0.5, 0.6) is 0 Å². The lowest BCUT2D eigenvalue weighted by atomic mass is 9.79. The molecule has 1 saturated heterocycles. The summed E-state index contributed by atoms with van der Waals surface area (Å²) in [5.41, 5.74) is 1.40. The standard InChI is InChI=1S/C21H36N2/c1-7-11-20-16-22(18(4)17(2)3)14-15-23(20)19(5)21(6)12-9-8-10-13-21/h8-10,12,17-18,20H,5,7,11,13-16H2,1-4,6H3. The number of allylic oxidation sites excluding steroid dienone is 4. The van der Waals surface area contributed by atoms with Crippen molar-refractivity contribution in [3.63, 3.8) is 0 Å². The van der Waals surface area contributed by atoms with Gasteiger partial charge < -0.3 is 4.90 Å². The molecule has 0 saturated carbocycles. The lowest BCUT2D eigenvalue weighted by Crippen LogP contribution is -2.56. The Morgan fingerprint density at radius 2 is 2.00 bits per heavy atom. The van der Waals surface area contributed by atoms with Gasteiger partial charge in [-0.1, -0.05) is 65.0 Å². The van der Waals surface area contributed by atoms with E-state index in [-0.39, 0.29) is 5.41 Å². The van der Waals surface area contributed by atoms with Crippen molar-refractivity contribution in [3.05, 3.63) is 36.6 Å². The molecule has 3 atom stereocenters. The second-order valence-corrected chi connectivity index (χ2v) is 7.97. The zero-order valence-corrected chi connectivity index (χ0v) is 15.9. The first-order chi connectivity index (χ1) is 10.9. The molecule has 0 aromatic rings. The fourth-order valence-corrected chi connectivity index (χ4v) is 3.88. The maximum atomic E-state index is 4.53. The van der Waals surface area contributed by atoms with Gasteiger partial charge in [-0.2, -0.15) is 0 Å². The van der Waals surface area contributed by atoms with E-state index in [9.17, 15) is 0 Å². The predicted molar refractivity (Wildman–Crippen MR) is 101 cm³/mol. The molecule has 0 aromatic carbocycles. The topological polar surface area (TPSA) is 6.48 Å². The van der Waals surface area contributed by atoms with E-state index in [1.165, 1.54) is 25.1 Å². The van der Waals surface area contributed by atoms with Crippen LogP contribution in [0.3, 0.4) is 0 Å². The van der Waals surface area contributed by atoms with Crippen LogP contribution < -0.4 is 0 Å². The van der Waals surface area contributed by atoms with Gasteiger partial charge in [-0.15, -0.1) is 0 Å². The second-order valence-electron chi connectivity index (χ2n) is 7.97. The summed E-state index contributed by atoms with van der Waals surface area (Å²) < 4.78 is 0. The number of nitrogens with zero attached hydrogens (tertiary/aromatic N) is 2. The van der Waals surface area contributed by atoms with E-state index >= 15 is 0 Å². The molecule has 1 heterocycles. The summed E-state index contributed by atoms with van der Waals surface area (Å²) in [5.74, 6) is 0.718. The minimum atomic E-state index is 0.0899. The summed E-state index contributed by atoms with van der Waals surface area (Å²) >= 11 is 0. The van der Waals surface area contributed by atoms with Crippen LogP contribution in [-0.4, -0.2) is 41.5 Å². The highest BCUT2D eigenvalue weighted by atomic mass is 15.3. The summed E-state index contributed by atoms with van der Waals surface area (Å²) in [5, 5.41) is 0. The maximum absolute atomic E-state index is 4.53. The van der Waals surface area contributed by atoms with E-state index in [0.29, 0.717) is 12.1 Å². The smallest absolute Gasteiger partial charge is 0.0414 e. The van der Waals surface area contributed by atoms with Crippen LogP contribution in [0.25, 0.3) is 0 Å². The Balaban J connectivity index is 2.11. The molecule has 0 spiro atoms. The van der Waals surface area contributed by atoms with E-state index < -0.39 is 0 Å². The van der Waals surface area contributed by atoms with Crippen molar-refractivity contribution in [2.75, 3.05) is 19.6 Å². The molecule has 2 heteroatoms. The summed E-state index contributed by atoms with van der Waals surface area (Å²) in [4.78, 5) is 5.31. The lowest BCUT2D eigenvalue weighted by molar-refractivity contribution is 0.0455. The Morgan fingerprint density at radius 1 is 1.26 bits per heavy atom. The van der Waals surface area contributed by atoms with Gasteiger partial charge in [-0.05, 0) is 25.7 Å². The minimum absolute atomic E-state index is 0.0899. The van der Waals surface area contributed by atoms with E-state index in [2.05, 4.69) is 75.3 Å². The molecule has 0 aromatic heterocycles. The molecular weight excluding hydrogens is 280 g/mol. The molecule has 1 aliphatic carbocycles. The normalized spacial score (nSPS) is 30.0. The Labute approximate surface area is 143 Å². The van der Waals surface area contributed by atoms with Gasteiger partial charge in [-0.3, -0.25) is 4.90 Å². The van der Waals surface area contributed by atoms with Crippen LogP contribution >= 0.6 is 0 Å². The zero-order chi connectivity index (χ0) is 17.0. The first kappa shape index (κ1) is 18.3. The lowest BCUT2D eigenvalue weighted by Gasteiger charge is -2.49. The molecule has 0 N–H and O–H groups in total. The third-order valence-corrected chi connectivity index (χ3v) is 5.94. The number of rotatable bonds is 6. The summed E-state index contributed by atoms with van der Waals surface area (Å²) in [6.07, 6.45) is 12.5. The van der Waals surface area contributed by atoms with E-state index in [1.807, 2.05) is 0 Å². The fourth-order valence-electron chi connectivity index (χ4n) is 3.88. The van der Waals surface area contributed by atoms with Gasteiger partial charge in [0.05, 0.1) is 0 Å². The molecule has 0 bridgehead atoms. The average molecular weight is 317 g/mol. The van der Waals surface area contributed by atoms with Crippen LogP contribution in [0, 0.1) is 11.3 Å². The van der Waals surface area contributed by atoms with Gasteiger partial charge in [0.1, 0.15) is 0 Å². The highest BCUT2D eigenvalue weighted by Gasteiger charge is 2.35. The summed E-state index contributed by atoms with van der Waals surface area (Å²) in [6, 6.07) is 1.27. The van der Waals surface area contributed by atoms with Crippen molar-refractivity contribution in [1.82, 2.24) is 9.80 Å². The van der Waals surface area contributed by atoms with Gasteiger partial charge in [-0.25, -0.2) is 0 Å². The Morgan fingerprint density at radius 3 is 2.57 bits per heavy atom. The van der Waals surface area contributed by atoms with E-state index in [1.54, 1.807) is 0 Å². The number of hydrogen-bond acceptors (Lipinski definition) is 2. The van der Waals surface area contributed by atoms with Crippen molar-refractivity contribution in [2.45, 2.75) is 66.0 Å². The number of hydrogen-bond donors (Lipinski definition) is 0. The molecule has 0 radical (unpaired) electrons. The van der Waals surface area contributed by atoms with E-state index in [0.717, 1.165) is 25.4 Å². The molecule has 2 nitrogen and oxygen atoms in total. The SMILES string of the molecule is C=C(N1CCN(C(C)C(C)C)CC1CCC)C1(C)C=CC=CC1. The first-order valence-electron chi connectivity index (χ1n) is 9.43. The van der Waals surface area contributed by atoms with Gasteiger partial charge in [0.15, 0.2) is 0 Å². The van der Waals surface area contributed by atoms with Crippen LogP contribution in [0.2, 0.25) is 0 Å². The molecule has 130 valence electrons. The highest BCUT2D eigenvalue weighted by Crippen LogP contribution is 2.38. The van der Waals surface area contributed by atoms with Crippen LogP contribution in [0.1, 0.15) is 53.9 Å². The fraction of sp³-hybridized carbons (Fsp3) is 0.714. The van der Waals surface area contributed by atoms with Crippen molar-refractivity contribution >= 4 is 0 Å². The molecule has 1 fully saturated rings. The summed E-state index contributed by atoms with van der Waals surface area (Å²) in [7, 11) is 0. The monoisotopic (exact) mass is 316 g/mol.